The molecule has 0 N–H and O–H groups in total. The fraction of sp³-hybridized carbons (Fsp3) is 0.455. The second-order valence-electron chi connectivity index (χ2n) is 3.70. The predicted molar refractivity (Wildman–Crippen MR) is 64.9 cm³/mol. The van der Waals surface area contributed by atoms with Gasteiger partial charge in [0.25, 0.3) is 16.3 Å². The maximum atomic E-state index is 5.34. The van der Waals surface area contributed by atoms with E-state index < -0.39 is 0 Å². The van der Waals surface area contributed by atoms with Crippen molar-refractivity contribution in [1.82, 2.24) is 0 Å². The van der Waals surface area contributed by atoms with Crippen molar-refractivity contribution in [2.45, 2.75) is 20.8 Å². The molecular weight excluding hydrogens is 195 g/mol. The summed E-state index contributed by atoms with van der Waals surface area (Å²) in [6, 6.07) is 8.67. The fourth-order valence-electron chi connectivity index (χ4n) is 0.637. The lowest BCUT2D eigenvalue weighted by Gasteiger charge is -1.90. The van der Waals surface area contributed by atoms with Gasteiger partial charge in [-0.1, -0.05) is 43.7 Å². The Kier molecular flexibility index (Phi) is 7.47. The number of hydrogen-bond acceptors (Lipinski definition) is 0. The van der Waals surface area contributed by atoms with E-state index in [1.807, 2.05) is 0 Å². The highest BCUT2D eigenvalue weighted by Gasteiger charge is 1.82. The average molecular weight is 213 g/mol. The molecule has 0 nitrogen and oxygen atoms in total. The molecule has 0 fully saturated rings. The molecule has 1 aromatic carbocycles. The van der Waals surface area contributed by atoms with Crippen LogP contribution in [0.15, 0.2) is 24.3 Å². The summed E-state index contributed by atoms with van der Waals surface area (Å²) in [5.74, 6) is 1.43. The van der Waals surface area contributed by atoms with Crippen molar-refractivity contribution >= 4 is 32.3 Å². The minimum absolute atomic E-state index is 0.650. The van der Waals surface area contributed by atoms with Crippen molar-refractivity contribution in [2.24, 2.45) is 5.92 Å². The fourth-order valence-corrected chi connectivity index (χ4v) is 0.970. The molecule has 72 valence electrons. The third-order valence-electron chi connectivity index (χ3n) is 1.53. The number of halogens is 1. The van der Waals surface area contributed by atoms with Gasteiger partial charge < -0.3 is 0 Å². The Morgan fingerprint density at radius 3 is 1.85 bits per heavy atom. The van der Waals surface area contributed by atoms with Gasteiger partial charge in [0.15, 0.2) is 0 Å². The van der Waals surface area contributed by atoms with E-state index in [0.29, 0.717) is 5.92 Å². The van der Waals surface area contributed by atoms with Crippen molar-refractivity contribution in [3.05, 3.63) is 29.8 Å². The number of benzene rings is 1. The molecule has 0 radical (unpaired) electrons. The largest absolute Gasteiger partial charge is 0.258 e. The molecule has 0 aromatic heterocycles. The third-order valence-corrected chi connectivity index (χ3v) is 2.81. The number of aryl methyl sites for hydroxylation is 1. The lowest BCUT2D eigenvalue weighted by Crippen LogP contribution is -1.98. The second kappa shape index (κ2) is 7.45. The van der Waals surface area contributed by atoms with Crippen LogP contribution in [-0.2, 0) is 0 Å². The standard InChI is InChI=1S/C7H7.C4H9Cl.Al.2H/c1-7-5-3-2-4-6-7;1-4(2)3-5;;;/h3-6H,1H3;4H,3H2,1-2H3;;;. The Morgan fingerprint density at radius 1 is 1.23 bits per heavy atom. The summed E-state index contributed by atoms with van der Waals surface area (Å²) >= 11 is 6.51. The molecule has 0 saturated heterocycles. The van der Waals surface area contributed by atoms with Crippen LogP contribution in [0.25, 0.3) is 0 Å². The maximum Gasteiger partial charge on any atom is 0.258 e. The quantitative estimate of drug-likeness (QED) is 0.494. The van der Waals surface area contributed by atoms with Gasteiger partial charge >= 0.3 is 0 Å². The van der Waals surface area contributed by atoms with Crippen LogP contribution in [0.2, 0.25) is 0 Å². The lowest BCUT2D eigenvalue weighted by molar-refractivity contribution is 0.745. The van der Waals surface area contributed by atoms with E-state index in [9.17, 15) is 0 Å². The van der Waals surface area contributed by atoms with Gasteiger partial charge in [-0.25, -0.2) is 0 Å². The smallest absolute Gasteiger partial charge is 0.126 e. The monoisotopic (exact) mass is 212 g/mol. The van der Waals surface area contributed by atoms with Crippen LogP contribution in [-0.4, -0.2) is 22.2 Å². The van der Waals surface area contributed by atoms with E-state index in [1.54, 1.807) is 0 Å². The number of rotatable bonds is 1. The van der Waals surface area contributed by atoms with Crippen LogP contribution in [0.4, 0.5) is 0 Å². The molecular formula is C11H18AlCl. The molecule has 0 aliphatic carbocycles. The van der Waals surface area contributed by atoms with E-state index in [0.717, 1.165) is 5.88 Å². The zero-order valence-electron chi connectivity index (χ0n) is 8.97. The molecule has 0 saturated carbocycles. The molecule has 0 atom stereocenters. The molecule has 1 aromatic rings. The van der Waals surface area contributed by atoms with Gasteiger partial charge in [0, 0.05) is 5.88 Å². The molecule has 0 amide bonds. The SMILES string of the molecule is CC(C)CCl.Cc1cc[c]([AlH2])cc1. The van der Waals surface area contributed by atoms with Gasteiger partial charge in [0.1, 0.15) is 0 Å². The summed E-state index contributed by atoms with van der Waals surface area (Å²) in [7, 11) is 0. The highest BCUT2D eigenvalue weighted by atomic mass is 35.5. The molecule has 0 unspecified atom stereocenters. The summed E-state index contributed by atoms with van der Waals surface area (Å²) in [6.07, 6.45) is 0. The summed E-state index contributed by atoms with van der Waals surface area (Å²) in [5, 5.41) is 0. The highest BCUT2D eigenvalue weighted by Crippen LogP contribution is 1.91. The molecule has 0 bridgehead atoms. The summed E-state index contributed by atoms with van der Waals surface area (Å²) in [6.45, 7) is 6.29. The Morgan fingerprint density at radius 2 is 1.62 bits per heavy atom. The second-order valence-corrected chi connectivity index (χ2v) is 5.17. The molecule has 0 aliphatic rings. The van der Waals surface area contributed by atoms with Crippen molar-refractivity contribution in [1.29, 1.82) is 0 Å². The van der Waals surface area contributed by atoms with Gasteiger partial charge in [-0.2, -0.15) is 0 Å². The Balaban J connectivity index is 0.000000252. The molecule has 0 spiro atoms. The first kappa shape index (κ1) is 13.0. The third kappa shape index (κ3) is 8.37. The molecule has 13 heavy (non-hydrogen) atoms. The van der Waals surface area contributed by atoms with Crippen LogP contribution >= 0.6 is 11.6 Å². The van der Waals surface area contributed by atoms with Gasteiger partial charge in [0.05, 0.1) is 0 Å². The van der Waals surface area contributed by atoms with E-state index >= 15 is 0 Å². The van der Waals surface area contributed by atoms with Gasteiger partial charge in [-0.3, -0.25) is 0 Å². The predicted octanol–water partition coefficient (Wildman–Crippen LogP) is 2.13. The highest BCUT2D eigenvalue weighted by molar-refractivity contribution is 6.32. The zero-order chi connectivity index (χ0) is 10.3. The van der Waals surface area contributed by atoms with E-state index in [2.05, 4.69) is 45.0 Å². The van der Waals surface area contributed by atoms with Crippen molar-refractivity contribution in [3.63, 3.8) is 0 Å². The van der Waals surface area contributed by atoms with Gasteiger partial charge in [-0.15, -0.1) is 16.0 Å². The van der Waals surface area contributed by atoms with Crippen LogP contribution in [0.3, 0.4) is 0 Å². The first-order chi connectivity index (χ1) is 6.06. The maximum absolute atomic E-state index is 5.34. The van der Waals surface area contributed by atoms with Crippen molar-refractivity contribution in [3.8, 4) is 0 Å². The molecule has 0 heterocycles. The van der Waals surface area contributed by atoms with Crippen LogP contribution < -0.4 is 4.43 Å². The Hall–Kier alpha value is 0.0425. The number of hydrogen-bond donors (Lipinski definition) is 0. The van der Waals surface area contributed by atoms with Crippen LogP contribution in [0.5, 0.6) is 0 Å². The first-order valence-corrected chi connectivity index (χ1v) is 6.19. The number of alkyl halides is 1. The first-order valence-electron chi connectivity index (χ1n) is 4.65. The van der Waals surface area contributed by atoms with Crippen molar-refractivity contribution < 1.29 is 0 Å². The topological polar surface area (TPSA) is 0 Å². The summed E-state index contributed by atoms with van der Waals surface area (Å²) in [4.78, 5) is 0. The Labute approximate surface area is 94.7 Å². The van der Waals surface area contributed by atoms with E-state index in [-0.39, 0.29) is 0 Å². The summed E-state index contributed by atoms with van der Waals surface area (Å²) in [5.41, 5.74) is 1.35. The normalized spacial score (nSPS) is 9.31. The van der Waals surface area contributed by atoms with Gasteiger partial charge in [0.2, 0.25) is 0 Å². The van der Waals surface area contributed by atoms with Crippen LogP contribution in [0, 0.1) is 12.8 Å². The zero-order valence-corrected chi connectivity index (χ0v) is 11.7. The van der Waals surface area contributed by atoms with E-state index in [4.69, 9.17) is 11.6 Å². The van der Waals surface area contributed by atoms with E-state index in [1.165, 1.54) is 26.3 Å². The lowest BCUT2D eigenvalue weighted by atomic mass is 10.2. The minimum Gasteiger partial charge on any atom is -0.126 e. The molecule has 2 heteroatoms. The minimum atomic E-state index is 0.650. The summed E-state index contributed by atoms with van der Waals surface area (Å²) < 4.78 is 1.47. The molecule has 1 rings (SSSR count). The average Bonchev–Trinajstić information content (AvgIpc) is 2.11. The van der Waals surface area contributed by atoms with Crippen LogP contribution in [0.1, 0.15) is 19.4 Å². The van der Waals surface area contributed by atoms with Gasteiger partial charge in [-0.05, 0) is 12.8 Å². The molecule has 0 aliphatic heterocycles. The Bertz CT molecular complexity index is 195. The van der Waals surface area contributed by atoms with Crippen molar-refractivity contribution in [2.75, 3.05) is 5.88 Å².